The summed E-state index contributed by atoms with van der Waals surface area (Å²) in [6.45, 7) is 1.16. The van der Waals surface area contributed by atoms with E-state index in [1.165, 1.54) is 25.3 Å². The van der Waals surface area contributed by atoms with Crippen molar-refractivity contribution >= 4 is 33.1 Å². The van der Waals surface area contributed by atoms with Gasteiger partial charge < -0.3 is 5.11 Å². The predicted octanol–water partition coefficient (Wildman–Crippen LogP) is 4.41. The van der Waals surface area contributed by atoms with Gasteiger partial charge in [-0.05, 0) is 55.7 Å². The zero-order valence-corrected chi connectivity index (χ0v) is 19.3. The highest BCUT2D eigenvalue weighted by Gasteiger charge is 2.34. The molecule has 0 amide bonds. The van der Waals surface area contributed by atoms with Gasteiger partial charge in [-0.25, -0.2) is 13.4 Å². The van der Waals surface area contributed by atoms with Gasteiger partial charge in [-0.3, -0.25) is 14.5 Å². The highest BCUT2D eigenvalue weighted by Crippen LogP contribution is 2.34. The summed E-state index contributed by atoms with van der Waals surface area (Å²) in [6.07, 6.45) is -1.35. The smallest absolute Gasteiger partial charge is 0.396 e. The Bertz CT molecular complexity index is 1330. The number of nitrogens with zero attached hydrogens (tertiary/aromatic N) is 2. The molecule has 12 heteroatoms. The van der Waals surface area contributed by atoms with Crippen molar-refractivity contribution in [2.24, 2.45) is 0 Å². The highest BCUT2D eigenvalue weighted by molar-refractivity contribution is 7.92. The quantitative estimate of drug-likeness (QED) is 0.432. The second kappa shape index (κ2) is 10.1. The number of ketones is 1. The molecule has 180 valence electrons. The summed E-state index contributed by atoms with van der Waals surface area (Å²) >= 11 is 5.94. The number of pyridine rings is 2. The van der Waals surface area contributed by atoms with Crippen LogP contribution in [0.25, 0.3) is 0 Å². The first kappa shape index (κ1) is 25.6. The van der Waals surface area contributed by atoms with E-state index in [1.807, 2.05) is 0 Å². The number of aliphatic hydroxyl groups excluding tert-OH is 1. The third kappa shape index (κ3) is 5.91. The number of carbonyl (C=O) groups excluding carboxylic acids is 1. The van der Waals surface area contributed by atoms with Gasteiger partial charge in [-0.15, -0.1) is 0 Å². The minimum Gasteiger partial charge on any atom is -0.396 e. The third-order valence-electron chi connectivity index (χ3n) is 4.81. The van der Waals surface area contributed by atoms with Crippen LogP contribution in [0.15, 0.2) is 53.7 Å². The SMILES string of the molecule is Cc1ccc(S(=O)(=O)Nc2cc(Cl)cnc2C(=O)c2ccnc(CCCO)c2)cc1C(F)(F)F. The Kier molecular flexibility index (Phi) is 7.59. The molecule has 34 heavy (non-hydrogen) atoms. The van der Waals surface area contributed by atoms with Gasteiger partial charge in [0.15, 0.2) is 0 Å². The molecule has 2 heterocycles. The van der Waals surface area contributed by atoms with E-state index in [0.29, 0.717) is 24.6 Å². The van der Waals surface area contributed by atoms with E-state index >= 15 is 0 Å². The highest BCUT2D eigenvalue weighted by atomic mass is 35.5. The number of aryl methyl sites for hydroxylation is 2. The van der Waals surface area contributed by atoms with Crippen molar-refractivity contribution in [1.82, 2.24) is 9.97 Å². The van der Waals surface area contributed by atoms with Crippen molar-refractivity contribution in [2.45, 2.75) is 30.8 Å². The number of rotatable bonds is 8. The molecule has 0 fully saturated rings. The summed E-state index contributed by atoms with van der Waals surface area (Å²) in [6, 6.07) is 6.64. The Morgan fingerprint density at radius 1 is 1.15 bits per heavy atom. The van der Waals surface area contributed by atoms with Gasteiger partial charge >= 0.3 is 6.18 Å². The van der Waals surface area contributed by atoms with Crippen molar-refractivity contribution in [2.75, 3.05) is 11.3 Å². The van der Waals surface area contributed by atoms with Crippen molar-refractivity contribution in [1.29, 1.82) is 0 Å². The number of anilines is 1. The van der Waals surface area contributed by atoms with Gasteiger partial charge in [0.2, 0.25) is 5.78 Å². The van der Waals surface area contributed by atoms with Crippen LogP contribution in [0.3, 0.4) is 0 Å². The zero-order chi connectivity index (χ0) is 25.1. The van der Waals surface area contributed by atoms with Gasteiger partial charge in [0.1, 0.15) is 5.69 Å². The Morgan fingerprint density at radius 2 is 1.88 bits per heavy atom. The van der Waals surface area contributed by atoms with E-state index < -0.39 is 32.4 Å². The summed E-state index contributed by atoms with van der Waals surface area (Å²) in [7, 11) is -4.53. The molecule has 0 radical (unpaired) electrons. The van der Waals surface area contributed by atoms with E-state index in [4.69, 9.17) is 16.7 Å². The molecule has 0 saturated heterocycles. The number of hydrogen-bond donors (Lipinski definition) is 2. The van der Waals surface area contributed by atoms with Crippen LogP contribution in [-0.2, 0) is 22.6 Å². The van der Waals surface area contributed by atoms with Gasteiger partial charge in [-0.2, -0.15) is 13.2 Å². The molecule has 2 N–H and O–H groups in total. The molecule has 3 aromatic rings. The van der Waals surface area contributed by atoms with Crippen LogP contribution in [-0.4, -0.2) is 35.9 Å². The summed E-state index contributed by atoms with van der Waals surface area (Å²) in [5.74, 6) is -0.651. The number of hydrogen-bond acceptors (Lipinski definition) is 6. The van der Waals surface area contributed by atoms with Crippen LogP contribution >= 0.6 is 11.6 Å². The number of aromatic nitrogens is 2. The standard InChI is InChI=1S/C22H19ClF3N3O4S/c1-13-4-5-17(11-18(13)22(24,25)26)34(32,33)29-19-10-15(23)12-28-20(19)21(31)14-6-7-27-16(9-14)3-2-8-30/h4-7,9-12,29-30H,2-3,8H2,1H3. The maximum Gasteiger partial charge on any atom is 0.416 e. The molecule has 3 rings (SSSR count). The third-order valence-corrected chi connectivity index (χ3v) is 6.38. The monoisotopic (exact) mass is 513 g/mol. The number of halogens is 4. The number of aliphatic hydroxyl groups is 1. The molecule has 0 bridgehead atoms. The Labute approximate surface area is 198 Å². The molecule has 0 spiro atoms. The predicted molar refractivity (Wildman–Crippen MR) is 119 cm³/mol. The minimum atomic E-state index is -4.75. The lowest BCUT2D eigenvalue weighted by Gasteiger charge is -2.15. The van der Waals surface area contributed by atoms with Crippen molar-refractivity contribution in [3.05, 3.63) is 81.9 Å². The van der Waals surface area contributed by atoms with Crippen molar-refractivity contribution < 1.29 is 31.5 Å². The average Bonchev–Trinajstić information content (AvgIpc) is 2.76. The molecule has 0 atom stereocenters. The van der Waals surface area contributed by atoms with E-state index in [9.17, 15) is 26.4 Å². The van der Waals surface area contributed by atoms with E-state index in [1.54, 1.807) is 0 Å². The van der Waals surface area contributed by atoms with Gasteiger partial charge in [0.25, 0.3) is 10.0 Å². The Morgan fingerprint density at radius 3 is 2.56 bits per heavy atom. The summed E-state index contributed by atoms with van der Waals surface area (Å²) < 4.78 is 67.7. The normalized spacial score (nSPS) is 11.9. The van der Waals surface area contributed by atoms with Gasteiger partial charge in [-0.1, -0.05) is 17.7 Å². The number of nitrogens with one attached hydrogen (secondary N) is 1. The summed E-state index contributed by atoms with van der Waals surface area (Å²) in [5, 5.41) is 8.99. The zero-order valence-electron chi connectivity index (χ0n) is 17.7. The molecule has 7 nitrogen and oxygen atoms in total. The molecule has 2 aromatic heterocycles. The van der Waals surface area contributed by atoms with Crippen LogP contribution in [0.5, 0.6) is 0 Å². The Balaban J connectivity index is 2.00. The molecule has 1 aromatic carbocycles. The first-order chi connectivity index (χ1) is 15.9. The second-order valence-corrected chi connectivity index (χ2v) is 9.44. The second-order valence-electron chi connectivity index (χ2n) is 7.32. The molecular weight excluding hydrogens is 495 g/mol. The lowest BCUT2D eigenvalue weighted by Crippen LogP contribution is -2.18. The number of carbonyl (C=O) groups is 1. The first-order valence-electron chi connectivity index (χ1n) is 9.89. The van der Waals surface area contributed by atoms with Crippen LogP contribution in [0.4, 0.5) is 18.9 Å². The fourth-order valence-corrected chi connectivity index (χ4v) is 4.37. The van der Waals surface area contributed by atoms with E-state index in [0.717, 1.165) is 24.4 Å². The fourth-order valence-electron chi connectivity index (χ4n) is 3.13. The molecule has 0 aliphatic heterocycles. The lowest BCUT2D eigenvalue weighted by molar-refractivity contribution is -0.138. The van der Waals surface area contributed by atoms with Crippen LogP contribution in [0.2, 0.25) is 5.02 Å². The largest absolute Gasteiger partial charge is 0.416 e. The van der Waals surface area contributed by atoms with Gasteiger partial charge in [0, 0.05) is 30.3 Å². The number of benzene rings is 1. The average molecular weight is 514 g/mol. The minimum absolute atomic E-state index is 0.00694. The summed E-state index contributed by atoms with van der Waals surface area (Å²) in [4.78, 5) is 20.5. The molecule has 0 aliphatic carbocycles. The number of sulfonamides is 1. The van der Waals surface area contributed by atoms with E-state index in [-0.39, 0.29) is 34.1 Å². The Hall–Kier alpha value is -3.02. The van der Waals surface area contributed by atoms with Crippen LogP contribution < -0.4 is 4.72 Å². The van der Waals surface area contributed by atoms with Crippen molar-refractivity contribution in [3.8, 4) is 0 Å². The van der Waals surface area contributed by atoms with Crippen molar-refractivity contribution in [3.63, 3.8) is 0 Å². The van der Waals surface area contributed by atoms with Crippen LogP contribution in [0, 0.1) is 6.92 Å². The molecule has 0 unspecified atom stereocenters. The molecule has 0 aliphatic rings. The fraction of sp³-hybridized carbons (Fsp3) is 0.227. The first-order valence-corrected chi connectivity index (χ1v) is 11.7. The lowest BCUT2D eigenvalue weighted by atomic mass is 10.1. The molecule has 0 saturated carbocycles. The van der Waals surface area contributed by atoms with Crippen LogP contribution in [0.1, 0.15) is 39.3 Å². The van der Waals surface area contributed by atoms with Gasteiger partial charge in [0.05, 0.1) is 21.2 Å². The molecular formula is C22H19ClF3N3O4S. The number of alkyl halides is 3. The maximum absolute atomic E-state index is 13.3. The topological polar surface area (TPSA) is 109 Å². The van der Waals surface area contributed by atoms with E-state index in [2.05, 4.69) is 14.7 Å². The maximum atomic E-state index is 13.3. The summed E-state index contributed by atoms with van der Waals surface area (Å²) in [5.41, 5.74) is -1.12.